The molecule has 0 spiro atoms. The van der Waals surface area contributed by atoms with Crippen LogP contribution >= 0.6 is 39.0 Å². The summed E-state index contributed by atoms with van der Waals surface area (Å²) in [5.41, 5.74) is 1.84. The Morgan fingerprint density at radius 3 is 2.63 bits per heavy atom. The lowest BCUT2D eigenvalue weighted by Crippen LogP contribution is -2.12. The highest BCUT2D eigenvalue weighted by Gasteiger charge is 2.13. The molecule has 4 nitrogen and oxygen atoms in total. The van der Waals surface area contributed by atoms with E-state index in [1.165, 1.54) is 16.9 Å². The van der Waals surface area contributed by atoms with Gasteiger partial charge < -0.3 is 0 Å². The summed E-state index contributed by atoms with van der Waals surface area (Å²) in [6, 6.07) is 21.7. The Hall–Kier alpha value is -2.22. The molecule has 27 heavy (non-hydrogen) atoms. The molecule has 1 heterocycles. The zero-order valence-corrected chi connectivity index (χ0v) is 17.3. The van der Waals surface area contributed by atoms with Gasteiger partial charge in [0.1, 0.15) is 0 Å². The van der Waals surface area contributed by atoms with Crippen LogP contribution in [-0.4, -0.2) is 16.1 Å². The van der Waals surface area contributed by atoms with E-state index in [1.807, 2.05) is 54.6 Å². The van der Waals surface area contributed by atoms with Crippen molar-refractivity contribution in [2.24, 2.45) is 0 Å². The van der Waals surface area contributed by atoms with Gasteiger partial charge in [-0.1, -0.05) is 87.6 Å². The van der Waals surface area contributed by atoms with Crippen molar-refractivity contribution in [3.8, 4) is 0 Å². The van der Waals surface area contributed by atoms with Crippen LogP contribution in [0.5, 0.6) is 0 Å². The highest BCUT2D eigenvalue weighted by Crippen LogP contribution is 2.29. The van der Waals surface area contributed by atoms with Crippen LogP contribution in [-0.2, 0) is 5.75 Å². The maximum Gasteiger partial charge on any atom is 0.258 e. The first kappa shape index (κ1) is 18.2. The number of nitrogens with zero attached hydrogens (tertiary/aromatic N) is 2. The van der Waals surface area contributed by atoms with E-state index in [0.29, 0.717) is 10.7 Å². The zero-order chi connectivity index (χ0) is 18.6. The Labute approximate surface area is 173 Å². The molecule has 1 N–H and O–H groups in total. The lowest BCUT2D eigenvalue weighted by Gasteiger charge is -2.05. The third-order valence-corrected chi connectivity index (χ3v) is 6.51. The molecule has 1 aromatic heterocycles. The summed E-state index contributed by atoms with van der Waals surface area (Å²) >= 11 is 6.42. The van der Waals surface area contributed by atoms with Crippen molar-refractivity contribution in [3.05, 3.63) is 82.3 Å². The summed E-state index contributed by atoms with van der Waals surface area (Å²) in [6.45, 7) is 0. The lowest BCUT2D eigenvalue weighted by molar-refractivity contribution is 0.102. The minimum Gasteiger partial charge on any atom is -0.296 e. The Morgan fingerprint density at radius 1 is 1.00 bits per heavy atom. The third kappa shape index (κ3) is 4.37. The SMILES string of the molecule is O=C(Nc1nnc(SCc2ccc(Br)cc2)s1)c1cccc2ccccc12. The summed E-state index contributed by atoms with van der Waals surface area (Å²) in [7, 11) is 0. The predicted molar refractivity (Wildman–Crippen MR) is 116 cm³/mol. The van der Waals surface area contributed by atoms with Gasteiger partial charge in [-0.05, 0) is 34.5 Å². The van der Waals surface area contributed by atoms with Crippen LogP contribution in [0.3, 0.4) is 0 Å². The molecule has 7 heteroatoms. The second kappa shape index (κ2) is 8.21. The number of thioether (sulfide) groups is 1. The van der Waals surface area contributed by atoms with E-state index in [9.17, 15) is 4.79 Å². The second-order valence-corrected chi connectivity index (χ2v) is 8.88. The molecule has 0 saturated carbocycles. The number of fused-ring (bicyclic) bond motifs is 1. The number of carbonyl (C=O) groups is 1. The highest BCUT2D eigenvalue weighted by molar-refractivity contribution is 9.10. The summed E-state index contributed by atoms with van der Waals surface area (Å²) in [4.78, 5) is 12.7. The molecule has 0 fully saturated rings. The third-order valence-electron chi connectivity index (χ3n) is 3.94. The van der Waals surface area contributed by atoms with Crippen LogP contribution in [0.25, 0.3) is 10.8 Å². The van der Waals surface area contributed by atoms with Crippen LogP contribution in [0.4, 0.5) is 5.13 Å². The molecule has 0 radical (unpaired) electrons. The van der Waals surface area contributed by atoms with Crippen molar-refractivity contribution in [1.29, 1.82) is 0 Å². The Balaban J connectivity index is 1.44. The molecule has 0 saturated heterocycles. The molecular weight excluding hydrogens is 442 g/mol. The molecule has 134 valence electrons. The minimum absolute atomic E-state index is 0.174. The molecule has 0 aliphatic rings. The van der Waals surface area contributed by atoms with Crippen LogP contribution in [0.15, 0.2) is 75.5 Å². The number of carbonyl (C=O) groups excluding carboxylic acids is 1. The van der Waals surface area contributed by atoms with Crippen LogP contribution in [0.2, 0.25) is 0 Å². The first-order valence-corrected chi connectivity index (χ1v) is 10.8. The van der Waals surface area contributed by atoms with Crippen molar-refractivity contribution in [3.63, 3.8) is 0 Å². The van der Waals surface area contributed by atoms with E-state index in [-0.39, 0.29) is 5.91 Å². The number of nitrogens with one attached hydrogen (secondary N) is 1. The van der Waals surface area contributed by atoms with Gasteiger partial charge in [0.15, 0.2) is 4.34 Å². The van der Waals surface area contributed by atoms with E-state index in [1.54, 1.807) is 11.8 Å². The number of benzene rings is 3. The van der Waals surface area contributed by atoms with E-state index in [0.717, 1.165) is 25.3 Å². The summed E-state index contributed by atoms with van der Waals surface area (Å²) < 4.78 is 1.89. The minimum atomic E-state index is -0.174. The van der Waals surface area contributed by atoms with Gasteiger partial charge >= 0.3 is 0 Å². The van der Waals surface area contributed by atoms with Crippen molar-refractivity contribution in [1.82, 2.24) is 10.2 Å². The summed E-state index contributed by atoms with van der Waals surface area (Å²) in [5.74, 6) is 0.631. The first-order valence-electron chi connectivity index (χ1n) is 8.19. The van der Waals surface area contributed by atoms with Gasteiger partial charge in [0, 0.05) is 15.8 Å². The molecule has 1 amide bonds. The van der Waals surface area contributed by atoms with Gasteiger partial charge in [-0.15, -0.1) is 10.2 Å². The van der Waals surface area contributed by atoms with E-state index >= 15 is 0 Å². The quantitative estimate of drug-likeness (QED) is 0.296. The fraction of sp³-hybridized carbons (Fsp3) is 0.0500. The normalized spacial score (nSPS) is 10.9. The van der Waals surface area contributed by atoms with E-state index in [2.05, 4.69) is 43.6 Å². The van der Waals surface area contributed by atoms with Gasteiger partial charge in [-0.2, -0.15) is 0 Å². The molecule has 4 rings (SSSR count). The Bertz CT molecular complexity index is 1090. The molecule has 0 aliphatic carbocycles. The average molecular weight is 456 g/mol. The number of hydrogen-bond acceptors (Lipinski definition) is 5. The maximum atomic E-state index is 12.7. The predicted octanol–water partition coefficient (Wildman–Crippen LogP) is 6.00. The standard InChI is InChI=1S/C20H14BrN3OS2/c21-15-10-8-13(9-11-15)12-26-20-24-23-19(27-20)22-18(25)17-7-3-5-14-4-1-2-6-16(14)17/h1-11H,12H2,(H,22,23,25). The number of hydrogen-bond donors (Lipinski definition) is 1. The molecule has 0 atom stereocenters. The van der Waals surface area contributed by atoms with Crippen LogP contribution < -0.4 is 5.32 Å². The topological polar surface area (TPSA) is 54.9 Å². The van der Waals surface area contributed by atoms with Crippen molar-refractivity contribution < 1.29 is 4.79 Å². The average Bonchev–Trinajstić information content (AvgIpc) is 3.14. The van der Waals surface area contributed by atoms with Gasteiger partial charge in [0.2, 0.25) is 5.13 Å². The molecule has 0 unspecified atom stereocenters. The fourth-order valence-corrected chi connectivity index (χ4v) is 4.60. The van der Waals surface area contributed by atoms with E-state index < -0.39 is 0 Å². The molecular formula is C20H14BrN3OS2. The largest absolute Gasteiger partial charge is 0.296 e. The number of rotatable bonds is 5. The molecule has 0 bridgehead atoms. The summed E-state index contributed by atoms with van der Waals surface area (Å²) in [5, 5.41) is 13.6. The Morgan fingerprint density at radius 2 is 1.78 bits per heavy atom. The van der Waals surface area contributed by atoms with Gasteiger partial charge in [-0.25, -0.2) is 0 Å². The number of aromatic nitrogens is 2. The monoisotopic (exact) mass is 455 g/mol. The number of amides is 1. The maximum absolute atomic E-state index is 12.7. The summed E-state index contributed by atoms with van der Waals surface area (Å²) in [6.07, 6.45) is 0. The molecule has 4 aromatic rings. The molecule has 3 aromatic carbocycles. The van der Waals surface area contributed by atoms with Gasteiger partial charge in [0.05, 0.1) is 0 Å². The number of halogens is 1. The highest BCUT2D eigenvalue weighted by atomic mass is 79.9. The second-order valence-electron chi connectivity index (χ2n) is 5.77. The van der Waals surface area contributed by atoms with E-state index in [4.69, 9.17) is 0 Å². The van der Waals surface area contributed by atoms with Gasteiger partial charge in [0.25, 0.3) is 5.91 Å². The molecule has 0 aliphatic heterocycles. The van der Waals surface area contributed by atoms with Crippen molar-refractivity contribution in [2.75, 3.05) is 5.32 Å². The zero-order valence-electron chi connectivity index (χ0n) is 14.1. The smallest absolute Gasteiger partial charge is 0.258 e. The first-order chi connectivity index (χ1) is 13.2. The van der Waals surface area contributed by atoms with Crippen molar-refractivity contribution >= 4 is 60.8 Å². The Kier molecular flexibility index (Phi) is 5.52. The van der Waals surface area contributed by atoms with Gasteiger partial charge in [-0.3, -0.25) is 10.1 Å². The number of anilines is 1. The fourth-order valence-electron chi connectivity index (χ4n) is 2.63. The van der Waals surface area contributed by atoms with Crippen molar-refractivity contribution in [2.45, 2.75) is 10.1 Å². The lowest BCUT2D eigenvalue weighted by atomic mass is 10.0. The van der Waals surface area contributed by atoms with Crippen LogP contribution in [0, 0.1) is 0 Å². The van der Waals surface area contributed by atoms with Crippen LogP contribution in [0.1, 0.15) is 15.9 Å².